The molecule has 0 unspecified atom stereocenters. The van der Waals surface area contributed by atoms with Crippen LogP contribution in [0.2, 0.25) is 0 Å². The van der Waals surface area contributed by atoms with Crippen molar-refractivity contribution in [3.8, 4) is 11.3 Å². The molecule has 4 aromatic rings. The van der Waals surface area contributed by atoms with E-state index in [0.717, 1.165) is 12.1 Å². The molecule has 0 fully saturated rings. The number of nitrogens with zero attached hydrogens (tertiary/aromatic N) is 2. The van der Waals surface area contributed by atoms with Crippen molar-refractivity contribution >= 4 is 10.9 Å². The number of rotatable bonds is 3. The van der Waals surface area contributed by atoms with Gasteiger partial charge in [-0.15, -0.1) is 0 Å². The molecule has 0 amide bonds. The largest absolute Gasteiger partial charge is 0.259 e. The molecular weight excluding hydrogens is 280 g/mol. The van der Waals surface area contributed by atoms with Crippen molar-refractivity contribution in [3.05, 3.63) is 90.0 Å². The quantitative estimate of drug-likeness (QED) is 0.517. The molecule has 0 saturated heterocycles. The summed E-state index contributed by atoms with van der Waals surface area (Å²) in [6.07, 6.45) is 0. The van der Waals surface area contributed by atoms with E-state index in [1.54, 1.807) is 0 Å². The molecule has 112 valence electrons. The van der Waals surface area contributed by atoms with Gasteiger partial charge in [-0.2, -0.15) is 5.10 Å². The van der Waals surface area contributed by atoms with E-state index in [4.69, 9.17) is 5.10 Å². The Balaban J connectivity index is 1.89. The fourth-order valence-corrected chi connectivity index (χ4v) is 2.97. The van der Waals surface area contributed by atoms with Gasteiger partial charge in [0, 0.05) is 10.9 Å². The number of hydrogen-bond donors (Lipinski definition) is 0. The molecular formula is C21H18N2. The Kier molecular flexibility index (Phi) is 3.43. The molecule has 0 aliphatic heterocycles. The minimum atomic E-state index is 0.777. The fourth-order valence-electron chi connectivity index (χ4n) is 2.97. The Bertz CT molecular complexity index is 935. The Labute approximate surface area is 136 Å². The molecule has 2 heteroatoms. The third-order valence-corrected chi connectivity index (χ3v) is 4.15. The highest BCUT2D eigenvalue weighted by Crippen LogP contribution is 2.29. The zero-order valence-electron chi connectivity index (χ0n) is 13.1. The number of aryl methyl sites for hydroxylation is 1. The maximum atomic E-state index is 4.82. The van der Waals surface area contributed by atoms with Gasteiger partial charge in [-0.1, -0.05) is 78.4 Å². The summed E-state index contributed by atoms with van der Waals surface area (Å²) in [5.41, 5.74) is 5.96. The van der Waals surface area contributed by atoms with Crippen LogP contribution in [-0.4, -0.2) is 9.78 Å². The van der Waals surface area contributed by atoms with Gasteiger partial charge in [-0.25, -0.2) is 0 Å². The predicted molar refractivity (Wildman–Crippen MR) is 95.5 cm³/mol. The van der Waals surface area contributed by atoms with Crippen molar-refractivity contribution < 1.29 is 0 Å². The zero-order chi connectivity index (χ0) is 15.6. The molecule has 0 radical (unpaired) electrons. The molecule has 0 saturated carbocycles. The number of benzene rings is 3. The minimum absolute atomic E-state index is 0.777. The number of fused-ring (bicyclic) bond motifs is 1. The van der Waals surface area contributed by atoms with E-state index in [9.17, 15) is 0 Å². The second-order valence-electron chi connectivity index (χ2n) is 5.88. The number of aromatic nitrogens is 2. The van der Waals surface area contributed by atoms with E-state index in [1.165, 1.54) is 27.8 Å². The molecule has 2 nitrogen and oxygen atoms in total. The first-order valence-electron chi connectivity index (χ1n) is 7.88. The van der Waals surface area contributed by atoms with Crippen molar-refractivity contribution in [3.63, 3.8) is 0 Å². The average Bonchev–Trinajstić information content (AvgIpc) is 2.94. The van der Waals surface area contributed by atoms with Crippen molar-refractivity contribution in [2.75, 3.05) is 0 Å². The standard InChI is InChI=1S/C21H18N2/c1-16-11-13-18(14-12-16)21-19-9-5-6-10-20(19)22-23(21)15-17-7-3-2-4-8-17/h2-14H,15H2,1H3. The molecule has 1 aromatic heterocycles. The Morgan fingerprint density at radius 3 is 2.26 bits per heavy atom. The van der Waals surface area contributed by atoms with Crippen LogP contribution in [0.5, 0.6) is 0 Å². The van der Waals surface area contributed by atoms with Crippen molar-refractivity contribution in [1.82, 2.24) is 9.78 Å². The molecule has 23 heavy (non-hydrogen) atoms. The molecule has 0 aliphatic rings. The molecule has 1 heterocycles. The zero-order valence-corrected chi connectivity index (χ0v) is 13.1. The first-order chi connectivity index (χ1) is 11.3. The van der Waals surface area contributed by atoms with Gasteiger partial charge in [0.15, 0.2) is 0 Å². The first kappa shape index (κ1) is 13.8. The summed E-state index contributed by atoms with van der Waals surface area (Å²) in [6.45, 7) is 2.89. The van der Waals surface area contributed by atoms with Crippen LogP contribution in [-0.2, 0) is 6.54 Å². The Morgan fingerprint density at radius 2 is 1.48 bits per heavy atom. The van der Waals surface area contributed by atoms with Gasteiger partial charge in [0.05, 0.1) is 17.8 Å². The van der Waals surface area contributed by atoms with Gasteiger partial charge in [0.1, 0.15) is 0 Å². The minimum Gasteiger partial charge on any atom is -0.259 e. The van der Waals surface area contributed by atoms with E-state index in [0.29, 0.717) is 0 Å². The smallest absolute Gasteiger partial charge is 0.0930 e. The molecule has 0 N–H and O–H groups in total. The monoisotopic (exact) mass is 298 g/mol. The average molecular weight is 298 g/mol. The maximum Gasteiger partial charge on any atom is 0.0930 e. The third-order valence-electron chi connectivity index (χ3n) is 4.15. The third kappa shape index (κ3) is 2.64. The highest BCUT2D eigenvalue weighted by molar-refractivity contribution is 5.93. The van der Waals surface area contributed by atoms with E-state index in [-0.39, 0.29) is 0 Å². The highest BCUT2D eigenvalue weighted by Gasteiger charge is 2.13. The van der Waals surface area contributed by atoms with E-state index >= 15 is 0 Å². The van der Waals surface area contributed by atoms with Gasteiger partial charge >= 0.3 is 0 Å². The normalized spacial score (nSPS) is 11.0. The molecule has 0 atom stereocenters. The van der Waals surface area contributed by atoms with Crippen LogP contribution in [0.3, 0.4) is 0 Å². The fraction of sp³-hybridized carbons (Fsp3) is 0.0952. The van der Waals surface area contributed by atoms with Crippen LogP contribution in [0.4, 0.5) is 0 Å². The van der Waals surface area contributed by atoms with Crippen molar-refractivity contribution in [2.45, 2.75) is 13.5 Å². The summed E-state index contributed by atoms with van der Waals surface area (Å²) >= 11 is 0. The highest BCUT2D eigenvalue weighted by atomic mass is 15.3. The SMILES string of the molecule is Cc1ccc(-c2c3ccccc3nn2Cc2ccccc2)cc1. The Hall–Kier alpha value is -2.87. The maximum absolute atomic E-state index is 4.82. The van der Waals surface area contributed by atoms with Crippen LogP contribution in [0, 0.1) is 6.92 Å². The topological polar surface area (TPSA) is 17.8 Å². The van der Waals surface area contributed by atoms with Gasteiger partial charge in [0.2, 0.25) is 0 Å². The molecule has 3 aromatic carbocycles. The number of hydrogen-bond acceptors (Lipinski definition) is 1. The van der Waals surface area contributed by atoms with Crippen molar-refractivity contribution in [1.29, 1.82) is 0 Å². The van der Waals surface area contributed by atoms with Crippen molar-refractivity contribution in [2.24, 2.45) is 0 Å². The summed E-state index contributed by atoms with van der Waals surface area (Å²) in [4.78, 5) is 0. The summed E-state index contributed by atoms with van der Waals surface area (Å²) in [7, 11) is 0. The molecule has 0 bridgehead atoms. The lowest BCUT2D eigenvalue weighted by molar-refractivity contribution is 0.703. The lowest BCUT2D eigenvalue weighted by Crippen LogP contribution is -2.03. The molecule has 4 rings (SSSR count). The molecule has 0 spiro atoms. The second-order valence-corrected chi connectivity index (χ2v) is 5.88. The van der Waals surface area contributed by atoms with Crippen LogP contribution in [0.1, 0.15) is 11.1 Å². The van der Waals surface area contributed by atoms with E-state index < -0.39 is 0 Å². The summed E-state index contributed by atoms with van der Waals surface area (Å²) < 4.78 is 2.12. The first-order valence-corrected chi connectivity index (χ1v) is 7.88. The summed E-state index contributed by atoms with van der Waals surface area (Å²) in [5, 5.41) is 6.02. The van der Waals surface area contributed by atoms with Gasteiger partial charge in [0.25, 0.3) is 0 Å². The molecule has 0 aliphatic carbocycles. The predicted octanol–water partition coefficient (Wildman–Crippen LogP) is 5.06. The van der Waals surface area contributed by atoms with E-state index in [2.05, 4.69) is 78.3 Å². The summed E-state index contributed by atoms with van der Waals surface area (Å²) in [6, 6.07) is 27.5. The van der Waals surface area contributed by atoms with Gasteiger partial charge < -0.3 is 0 Å². The Morgan fingerprint density at radius 1 is 0.783 bits per heavy atom. The second kappa shape index (κ2) is 5.73. The lowest BCUT2D eigenvalue weighted by atomic mass is 10.1. The van der Waals surface area contributed by atoms with Crippen LogP contribution in [0.25, 0.3) is 22.2 Å². The van der Waals surface area contributed by atoms with Crippen LogP contribution >= 0.6 is 0 Å². The van der Waals surface area contributed by atoms with E-state index in [1.807, 2.05) is 12.1 Å². The van der Waals surface area contributed by atoms with Gasteiger partial charge in [-0.3, -0.25) is 4.68 Å². The van der Waals surface area contributed by atoms with Crippen LogP contribution in [0.15, 0.2) is 78.9 Å². The van der Waals surface area contributed by atoms with Gasteiger partial charge in [-0.05, 0) is 18.6 Å². The lowest BCUT2D eigenvalue weighted by Gasteiger charge is -2.09. The van der Waals surface area contributed by atoms with Crippen LogP contribution < -0.4 is 0 Å². The summed E-state index contributed by atoms with van der Waals surface area (Å²) in [5.74, 6) is 0.